The fourth-order valence-electron chi connectivity index (χ4n) is 4.01. The molecule has 0 aliphatic heterocycles. The monoisotopic (exact) mass is 430 g/mol. The number of carboxylic acids is 1. The number of aliphatic hydroxyl groups is 2. The number of quaternary nitrogens is 1. The van der Waals surface area contributed by atoms with Crippen LogP contribution in [0.25, 0.3) is 0 Å². The molecule has 3 N–H and O–H groups in total. The predicted molar refractivity (Wildman–Crippen MR) is 121 cm³/mol. The second kappa shape index (κ2) is 15.8. The number of unbranched alkanes of at least 4 members (excludes halogenated alkanes) is 9. The number of aliphatic hydroxyl groups excluding tert-OH is 1. The van der Waals surface area contributed by atoms with Crippen LogP contribution in [0.4, 0.5) is 0 Å². The van der Waals surface area contributed by atoms with E-state index in [4.69, 9.17) is 5.11 Å². The quantitative estimate of drug-likeness (QED) is 0.198. The molecule has 0 spiro atoms. The molecule has 0 rings (SSSR count). The van der Waals surface area contributed by atoms with Gasteiger partial charge >= 0.3 is 5.97 Å². The molecule has 0 saturated heterocycles. The Morgan fingerprint density at radius 2 is 1.30 bits per heavy atom. The zero-order chi connectivity index (χ0) is 23.0. The molecule has 0 aliphatic carbocycles. The lowest BCUT2D eigenvalue weighted by Gasteiger charge is -2.33. The first-order valence-electron chi connectivity index (χ1n) is 12.0. The van der Waals surface area contributed by atoms with E-state index in [0.717, 1.165) is 51.4 Å². The smallest absolute Gasteiger partial charge is 0.306 e. The number of ketones is 1. The molecule has 0 saturated carbocycles. The molecule has 0 aromatic carbocycles. The molecule has 6 heteroatoms. The Morgan fingerprint density at radius 1 is 0.833 bits per heavy atom. The fourth-order valence-corrected chi connectivity index (χ4v) is 4.01. The third kappa shape index (κ3) is 15.8. The zero-order valence-electron chi connectivity index (χ0n) is 20.0. The number of carboxylic acid groups (broad SMARTS) is 1. The largest absolute Gasteiger partial charge is 0.481 e. The molecule has 2 atom stereocenters. The van der Waals surface area contributed by atoms with Crippen molar-refractivity contribution in [3.8, 4) is 0 Å². The number of hydrogen-bond donors (Lipinski definition) is 3. The van der Waals surface area contributed by atoms with E-state index < -0.39 is 18.0 Å². The van der Waals surface area contributed by atoms with Gasteiger partial charge in [-0.3, -0.25) is 9.59 Å². The molecule has 178 valence electrons. The van der Waals surface area contributed by atoms with Gasteiger partial charge in [-0.25, -0.2) is 0 Å². The number of hydrogen-bond acceptors (Lipinski definition) is 4. The Balaban J connectivity index is 3.90. The summed E-state index contributed by atoms with van der Waals surface area (Å²) in [5.41, 5.74) is -1.79. The lowest BCUT2D eigenvalue weighted by Crippen LogP contribution is -2.54. The van der Waals surface area contributed by atoms with Gasteiger partial charge in [-0.05, 0) is 19.3 Å². The van der Waals surface area contributed by atoms with Crippen molar-refractivity contribution in [2.45, 2.75) is 115 Å². The van der Waals surface area contributed by atoms with E-state index in [1.807, 2.05) is 21.1 Å². The topological polar surface area (TPSA) is 94.8 Å². The Hall–Kier alpha value is -0.980. The average molecular weight is 431 g/mol. The van der Waals surface area contributed by atoms with Crippen molar-refractivity contribution in [2.24, 2.45) is 0 Å². The Morgan fingerprint density at radius 3 is 1.77 bits per heavy atom. The molecule has 0 amide bonds. The number of rotatable bonds is 20. The van der Waals surface area contributed by atoms with E-state index in [0.29, 0.717) is 10.9 Å². The van der Waals surface area contributed by atoms with Crippen molar-refractivity contribution in [3.63, 3.8) is 0 Å². The van der Waals surface area contributed by atoms with Crippen LogP contribution in [-0.2, 0) is 9.59 Å². The van der Waals surface area contributed by atoms with Crippen LogP contribution >= 0.6 is 0 Å². The van der Waals surface area contributed by atoms with Crippen molar-refractivity contribution < 1.29 is 29.4 Å². The van der Waals surface area contributed by atoms with Crippen LogP contribution in [0.5, 0.6) is 0 Å². The van der Waals surface area contributed by atoms with Crippen LogP contribution in [-0.4, -0.2) is 70.9 Å². The van der Waals surface area contributed by atoms with Crippen LogP contribution in [0.3, 0.4) is 0 Å². The van der Waals surface area contributed by atoms with E-state index in [1.54, 1.807) is 0 Å². The van der Waals surface area contributed by atoms with Gasteiger partial charge in [0.1, 0.15) is 6.54 Å². The van der Waals surface area contributed by atoms with Crippen molar-refractivity contribution in [2.75, 3.05) is 27.7 Å². The van der Waals surface area contributed by atoms with Gasteiger partial charge in [0.25, 0.3) is 0 Å². The van der Waals surface area contributed by atoms with E-state index in [2.05, 4.69) is 6.92 Å². The van der Waals surface area contributed by atoms with E-state index in [9.17, 15) is 19.8 Å². The Kier molecular flexibility index (Phi) is 15.3. The number of nitrogens with zero attached hydrogens (tertiary/aromatic N) is 1. The summed E-state index contributed by atoms with van der Waals surface area (Å²) in [7, 11) is 5.51. The number of carbonyl (C=O) groups is 2. The van der Waals surface area contributed by atoms with Crippen molar-refractivity contribution >= 4 is 11.8 Å². The summed E-state index contributed by atoms with van der Waals surface area (Å²) < 4.78 is 0.333. The minimum atomic E-state index is -1.79. The number of likely N-dealkylation sites (N-methyl/N-ethyl adjacent to an activating group) is 1. The van der Waals surface area contributed by atoms with Crippen LogP contribution < -0.4 is 0 Å². The first-order chi connectivity index (χ1) is 14.0. The second-order valence-corrected chi connectivity index (χ2v) is 9.99. The molecule has 0 aliphatic rings. The first-order valence-corrected chi connectivity index (χ1v) is 12.0. The minimum absolute atomic E-state index is 0.0963. The molecule has 0 radical (unpaired) electrons. The normalized spacial score (nSPS) is 15.0. The molecule has 0 aromatic heterocycles. The highest BCUT2D eigenvalue weighted by Crippen LogP contribution is 2.20. The second-order valence-electron chi connectivity index (χ2n) is 9.99. The van der Waals surface area contributed by atoms with Gasteiger partial charge in [-0.1, -0.05) is 71.1 Å². The summed E-state index contributed by atoms with van der Waals surface area (Å²) in [6.07, 6.45) is 13.3. The molecule has 0 fully saturated rings. The highest BCUT2D eigenvalue weighted by Gasteiger charge is 2.42. The summed E-state index contributed by atoms with van der Waals surface area (Å²) in [5.74, 6) is -1.51. The Labute approximate surface area is 184 Å². The molecule has 30 heavy (non-hydrogen) atoms. The first kappa shape index (κ1) is 29.0. The van der Waals surface area contributed by atoms with E-state index >= 15 is 0 Å². The van der Waals surface area contributed by atoms with Crippen molar-refractivity contribution in [1.82, 2.24) is 0 Å². The maximum absolute atomic E-state index is 12.5. The summed E-state index contributed by atoms with van der Waals surface area (Å²) in [6.45, 7) is 2.30. The van der Waals surface area contributed by atoms with E-state index in [1.165, 1.54) is 25.7 Å². The third-order valence-corrected chi connectivity index (χ3v) is 5.53. The summed E-state index contributed by atoms with van der Waals surface area (Å²) in [6, 6.07) is 0. The lowest BCUT2D eigenvalue weighted by molar-refractivity contribution is -0.875. The zero-order valence-corrected chi connectivity index (χ0v) is 20.0. The van der Waals surface area contributed by atoms with Crippen LogP contribution in [0.15, 0.2) is 0 Å². The molecular formula is C24H48NO5+. The Bertz CT molecular complexity index is 475. The molecule has 0 aromatic rings. The van der Waals surface area contributed by atoms with E-state index in [-0.39, 0.29) is 24.9 Å². The minimum Gasteiger partial charge on any atom is -0.481 e. The summed E-state index contributed by atoms with van der Waals surface area (Å²) in [5, 5.41) is 29.7. The number of Topliss-reactive ketones (excluding diaryl/α,β-unsaturated/α-hetero) is 1. The molecule has 6 nitrogen and oxygen atoms in total. The molecular weight excluding hydrogens is 382 g/mol. The number of aliphatic carboxylic acids is 1. The summed E-state index contributed by atoms with van der Waals surface area (Å²) in [4.78, 5) is 23.6. The van der Waals surface area contributed by atoms with Crippen LogP contribution in [0.2, 0.25) is 0 Å². The van der Waals surface area contributed by atoms with Gasteiger partial charge in [0.2, 0.25) is 0 Å². The van der Waals surface area contributed by atoms with Crippen molar-refractivity contribution in [3.05, 3.63) is 0 Å². The average Bonchev–Trinajstić information content (AvgIpc) is 2.61. The fraction of sp³-hybridized carbons (Fsp3) is 0.917. The standard InChI is InChI=1S/C24H47NO5/c1-5-6-7-10-13-16-21(26)17-14-11-8-9-12-15-18-22(27)24(30,19-23(28)29)20-25(2,3)4/h21,26,30H,5-20H2,1-4H3/p+1. The van der Waals surface area contributed by atoms with Crippen molar-refractivity contribution in [1.29, 1.82) is 0 Å². The summed E-state index contributed by atoms with van der Waals surface area (Å²) >= 11 is 0. The highest BCUT2D eigenvalue weighted by atomic mass is 16.4. The van der Waals surface area contributed by atoms with Gasteiger partial charge in [-0.15, -0.1) is 0 Å². The lowest BCUT2D eigenvalue weighted by atomic mass is 9.89. The maximum Gasteiger partial charge on any atom is 0.306 e. The van der Waals surface area contributed by atoms with Gasteiger partial charge in [0.15, 0.2) is 11.4 Å². The highest BCUT2D eigenvalue weighted by molar-refractivity contribution is 5.90. The molecule has 2 unspecified atom stereocenters. The van der Waals surface area contributed by atoms with Gasteiger partial charge < -0.3 is 19.8 Å². The van der Waals surface area contributed by atoms with Crippen LogP contribution in [0.1, 0.15) is 103 Å². The van der Waals surface area contributed by atoms with Gasteiger partial charge in [0, 0.05) is 6.42 Å². The predicted octanol–water partition coefficient (Wildman–Crippen LogP) is 4.31. The van der Waals surface area contributed by atoms with Crippen LogP contribution in [0, 0.1) is 0 Å². The molecule has 0 bridgehead atoms. The maximum atomic E-state index is 12.5. The third-order valence-electron chi connectivity index (χ3n) is 5.53. The molecule has 0 heterocycles. The van der Waals surface area contributed by atoms with Gasteiger partial charge in [0.05, 0.1) is 33.7 Å². The number of carbonyl (C=O) groups excluding carboxylic acids is 1. The van der Waals surface area contributed by atoms with Gasteiger partial charge in [-0.2, -0.15) is 0 Å². The SMILES string of the molecule is CCCCCCCC(O)CCCCCCCCC(=O)C(O)(CC(=O)O)C[N+](C)(C)C.